The number of nitro groups is 1. The lowest BCUT2D eigenvalue weighted by Gasteiger charge is -2.53. The summed E-state index contributed by atoms with van der Waals surface area (Å²) in [5.74, 6) is -8.27. The molecule has 0 aliphatic carbocycles. The maximum Gasteiger partial charge on any atom is 0.490 e. The number of rotatable bonds is 5. The standard InChI is InChI=1S/C20H29ClN4O3.3C2HF3O2/c1-22-9-11-24(12-10-22)15-17-13-20(28-17)5-7-23(8-6-20)14-16-3-2-4-18(19(16)21)25(26)27;3*3-2(4,5)1(6)7/h2-4,17H,5-15H2,1H3;3*(H,6,7). The monoisotopic (exact) mass is 750 g/mol. The van der Waals surface area contributed by atoms with Crippen LogP contribution in [0.5, 0.6) is 0 Å². The Balaban J connectivity index is 0.000000467. The number of halogens is 10. The van der Waals surface area contributed by atoms with Gasteiger partial charge in [0.15, 0.2) is 0 Å². The number of aliphatic carboxylic acids is 3. The third kappa shape index (κ3) is 15.3. The van der Waals surface area contributed by atoms with Crippen molar-refractivity contribution in [3.8, 4) is 0 Å². The van der Waals surface area contributed by atoms with Crippen molar-refractivity contribution in [3.63, 3.8) is 0 Å². The summed E-state index contributed by atoms with van der Waals surface area (Å²) in [6, 6.07) is 5.05. The second-order valence-corrected chi connectivity index (χ2v) is 11.3. The molecule has 0 radical (unpaired) electrons. The molecule has 13 nitrogen and oxygen atoms in total. The maximum absolute atomic E-state index is 11.1. The summed E-state index contributed by atoms with van der Waals surface area (Å²) < 4.78 is 102. The lowest BCUT2D eigenvalue weighted by molar-refractivity contribution is -0.384. The first kappa shape index (κ1) is 43.6. The summed E-state index contributed by atoms with van der Waals surface area (Å²) in [5, 5.41) is 32.7. The largest absolute Gasteiger partial charge is 0.490 e. The number of hydrogen-bond acceptors (Lipinski definition) is 9. The lowest BCUT2D eigenvalue weighted by Crippen LogP contribution is -2.60. The predicted molar refractivity (Wildman–Crippen MR) is 150 cm³/mol. The van der Waals surface area contributed by atoms with Gasteiger partial charge in [0, 0.05) is 64.8 Å². The normalized spacial score (nSPS) is 19.9. The third-order valence-corrected chi connectivity index (χ3v) is 7.65. The van der Waals surface area contributed by atoms with Gasteiger partial charge in [-0.05, 0) is 25.5 Å². The van der Waals surface area contributed by atoms with E-state index in [-0.39, 0.29) is 16.3 Å². The Kier molecular flexibility index (Phi) is 16.0. The molecule has 1 aromatic rings. The molecular weight excluding hydrogens is 719 g/mol. The minimum atomic E-state index is -5.08. The van der Waals surface area contributed by atoms with Crippen molar-refractivity contribution in [2.75, 3.05) is 52.9 Å². The highest BCUT2D eigenvalue weighted by Crippen LogP contribution is 2.42. The Hall–Kier alpha value is -3.47. The van der Waals surface area contributed by atoms with Crippen LogP contribution in [-0.4, -0.2) is 136 Å². The van der Waals surface area contributed by atoms with E-state index in [9.17, 15) is 49.6 Å². The Morgan fingerprint density at radius 2 is 1.27 bits per heavy atom. The van der Waals surface area contributed by atoms with E-state index in [1.165, 1.54) is 6.07 Å². The number of nitro benzene ring substituents is 1. The molecule has 1 atom stereocenters. The quantitative estimate of drug-likeness (QED) is 0.219. The van der Waals surface area contributed by atoms with Crippen LogP contribution < -0.4 is 0 Å². The number of piperidine rings is 1. The Labute approximate surface area is 276 Å². The average Bonchev–Trinajstić information content (AvgIpc) is 2.95. The van der Waals surface area contributed by atoms with Crippen molar-refractivity contribution < 1.29 is 78.9 Å². The minimum absolute atomic E-state index is 0.0123. The number of carboxylic acid groups (broad SMARTS) is 3. The highest BCUT2D eigenvalue weighted by molar-refractivity contribution is 6.33. The van der Waals surface area contributed by atoms with Crippen molar-refractivity contribution >= 4 is 35.2 Å². The Morgan fingerprint density at radius 3 is 1.63 bits per heavy atom. The van der Waals surface area contributed by atoms with Gasteiger partial charge in [0.1, 0.15) is 5.02 Å². The van der Waals surface area contributed by atoms with Crippen LogP contribution >= 0.6 is 11.6 Å². The molecule has 3 heterocycles. The number of nitrogens with zero attached hydrogens (tertiary/aromatic N) is 4. The molecule has 0 saturated carbocycles. The number of piperazine rings is 1. The van der Waals surface area contributed by atoms with Crippen molar-refractivity contribution in [2.24, 2.45) is 0 Å². The fourth-order valence-electron chi connectivity index (χ4n) is 4.69. The van der Waals surface area contributed by atoms with E-state index in [1.54, 1.807) is 6.07 Å². The lowest BCUT2D eigenvalue weighted by atomic mass is 9.80. The second-order valence-electron chi connectivity index (χ2n) is 10.9. The number of hydrogen-bond donors (Lipinski definition) is 3. The number of likely N-dealkylation sites (tertiary alicyclic amines) is 1. The van der Waals surface area contributed by atoms with Crippen LogP contribution in [0.15, 0.2) is 18.2 Å². The highest BCUT2D eigenvalue weighted by atomic mass is 35.5. The van der Waals surface area contributed by atoms with E-state index >= 15 is 0 Å². The molecule has 3 N–H and O–H groups in total. The number of ether oxygens (including phenoxy) is 1. The van der Waals surface area contributed by atoms with Crippen LogP contribution in [0.25, 0.3) is 0 Å². The van der Waals surface area contributed by atoms with E-state index < -0.39 is 41.4 Å². The molecule has 3 fully saturated rings. The fraction of sp³-hybridized carbons (Fsp3) is 0.654. The second kappa shape index (κ2) is 18.0. The van der Waals surface area contributed by atoms with Crippen LogP contribution in [0.3, 0.4) is 0 Å². The third-order valence-electron chi connectivity index (χ3n) is 7.22. The van der Waals surface area contributed by atoms with Crippen molar-refractivity contribution in [3.05, 3.63) is 38.9 Å². The van der Waals surface area contributed by atoms with E-state index in [1.807, 2.05) is 6.07 Å². The smallest absolute Gasteiger partial charge is 0.475 e. The van der Waals surface area contributed by atoms with Gasteiger partial charge in [-0.1, -0.05) is 23.7 Å². The summed E-state index contributed by atoms with van der Waals surface area (Å²) in [4.78, 5) is 44.6. The number of carboxylic acids is 3. The molecule has 1 unspecified atom stereocenters. The molecule has 3 saturated heterocycles. The van der Waals surface area contributed by atoms with Crippen LogP contribution in [-0.2, 0) is 25.7 Å². The molecule has 49 heavy (non-hydrogen) atoms. The molecule has 3 aliphatic rings. The molecule has 280 valence electrons. The number of alkyl halides is 9. The summed E-state index contributed by atoms with van der Waals surface area (Å²) in [5.41, 5.74) is 0.872. The Bertz CT molecular complexity index is 1220. The summed E-state index contributed by atoms with van der Waals surface area (Å²) >= 11 is 6.24. The Morgan fingerprint density at radius 1 is 0.857 bits per heavy atom. The number of carbonyl (C=O) groups is 3. The van der Waals surface area contributed by atoms with Crippen molar-refractivity contribution in [2.45, 2.75) is 56.0 Å². The summed E-state index contributed by atoms with van der Waals surface area (Å²) in [7, 11) is 2.18. The van der Waals surface area contributed by atoms with E-state index in [4.69, 9.17) is 46.0 Å². The zero-order valence-electron chi connectivity index (χ0n) is 25.4. The van der Waals surface area contributed by atoms with Crippen molar-refractivity contribution in [1.29, 1.82) is 0 Å². The van der Waals surface area contributed by atoms with Gasteiger partial charge in [-0.25, -0.2) is 14.4 Å². The predicted octanol–water partition coefficient (Wildman–Crippen LogP) is 4.52. The average molecular weight is 751 g/mol. The van der Waals surface area contributed by atoms with Gasteiger partial charge >= 0.3 is 36.4 Å². The molecule has 23 heteroatoms. The minimum Gasteiger partial charge on any atom is -0.475 e. The van der Waals surface area contributed by atoms with E-state index in [0.717, 1.165) is 70.6 Å². The van der Waals surface area contributed by atoms with Crippen LogP contribution in [0.1, 0.15) is 24.8 Å². The topological polar surface area (TPSA) is 174 Å². The van der Waals surface area contributed by atoms with Gasteiger partial charge in [0.25, 0.3) is 5.69 Å². The van der Waals surface area contributed by atoms with Gasteiger partial charge in [0.2, 0.25) is 0 Å². The molecule has 3 aliphatic heterocycles. The fourth-order valence-corrected chi connectivity index (χ4v) is 4.94. The zero-order valence-corrected chi connectivity index (χ0v) is 26.2. The van der Waals surface area contributed by atoms with Crippen LogP contribution in [0.2, 0.25) is 5.02 Å². The van der Waals surface area contributed by atoms with Crippen LogP contribution in [0.4, 0.5) is 45.2 Å². The van der Waals surface area contributed by atoms with E-state index in [0.29, 0.717) is 12.6 Å². The van der Waals surface area contributed by atoms with Gasteiger partial charge in [-0.3, -0.25) is 19.9 Å². The SMILES string of the molecule is CN1CCN(CC2CC3(CCN(Cc4cccc([N+](=O)[O-])c4Cl)CC3)O2)CC1.O=C(O)C(F)(F)F.O=C(O)C(F)(F)F.O=C(O)C(F)(F)F. The van der Waals surface area contributed by atoms with Gasteiger partial charge in [0.05, 0.1) is 16.6 Å². The molecular formula is C26H32ClF9N4O9. The summed E-state index contributed by atoms with van der Waals surface area (Å²) in [6.07, 6.45) is -11.7. The first-order valence-corrected chi connectivity index (χ1v) is 14.3. The first-order chi connectivity index (χ1) is 22.3. The number of benzene rings is 1. The zero-order chi connectivity index (χ0) is 38.0. The molecule has 0 aromatic heterocycles. The van der Waals surface area contributed by atoms with E-state index in [2.05, 4.69) is 21.7 Å². The maximum atomic E-state index is 11.1. The molecule has 0 bridgehead atoms. The summed E-state index contributed by atoms with van der Waals surface area (Å²) in [6.45, 7) is 8.17. The van der Waals surface area contributed by atoms with Gasteiger partial charge in [-0.15, -0.1) is 0 Å². The molecule has 4 rings (SSSR count). The number of likely N-dealkylation sites (N-methyl/N-ethyl adjacent to an activating group) is 1. The molecule has 1 spiro atoms. The highest BCUT2D eigenvalue weighted by Gasteiger charge is 2.47. The van der Waals surface area contributed by atoms with Crippen LogP contribution in [0, 0.1) is 10.1 Å². The first-order valence-electron chi connectivity index (χ1n) is 13.9. The molecule has 1 aromatic carbocycles. The van der Waals surface area contributed by atoms with Gasteiger partial charge in [-0.2, -0.15) is 39.5 Å². The molecule has 0 amide bonds. The van der Waals surface area contributed by atoms with Crippen molar-refractivity contribution in [1.82, 2.24) is 14.7 Å². The van der Waals surface area contributed by atoms with Gasteiger partial charge < -0.3 is 25.0 Å².